The first-order valence-electron chi connectivity index (χ1n) is 7.75. The van der Waals surface area contributed by atoms with Gasteiger partial charge >= 0.3 is 12.1 Å². The van der Waals surface area contributed by atoms with Gasteiger partial charge in [-0.15, -0.1) is 11.3 Å². The van der Waals surface area contributed by atoms with E-state index in [0.717, 1.165) is 17.4 Å². The molecule has 11 heteroatoms. The topological polar surface area (TPSA) is 91.6 Å². The van der Waals surface area contributed by atoms with Crippen LogP contribution in [0.25, 0.3) is 0 Å². The summed E-state index contributed by atoms with van der Waals surface area (Å²) >= 11 is 1.01. The molecule has 2 aromatic rings. The monoisotopic (exact) mass is 404 g/mol. The summed E-state index contributed by atoms with van der Waals surface area (Å²) in [6, 6.07) is 2.20. The minimum absolute atomic E-state index is 0.00691. The second kappa shape index (κ2) is 7.91. The van der Waals surface area contributed by atoms with Crippen LogP contribution in [0, 0.1) is 10.1 Å². The Morgan fingerprint density at radius 1 is 1.37 bits per heavy atom. The van der Waals surface area contributed by atoms with Gasteiger partial charge in [-0.05, 0) is 13.0 Å². The van der Waals surface area contributed by atoms with Gasteiger partial charge in [-0.25, -0.2) is 9.78 Å². The van der Waals surface area contributed by atoms with E-state index in [1.54, 1.807) is 6.92 Å². The number of halogens is 3. The lowest BCUT2D eigenvalue weighted by Crippen LogP contribution is -2.09. The van der Waals surface area contributed by atoms with Gasteiger partial charge < -0.3 is 9.47 Å². The third-order valence-corrected chi connectivity index (χ3v) is 4.57. The number of nitro groups is 1. The van der Waals surface area contributed by atoms with Gasteiger partial charge in [0.05, 0.1) is 11.5 Å². The zero-order valence-electron chi connectivity index (χ0n) is 14.5. The maximum absolute atomic E-state index is 13.1. The Balaban J connectivity index is 2.47. The number of esters is 1. The quantitative estimate of drug-likeness (QED) is 0.375. The third-order valence-electron chi connectivity index (χ3n) is 3.25. The lowest BCUT2D eigenvalue weighted by Gasteiger charge is -2.10. The van der Waals surface area contributed by atoms with Crippen LogP contribution in [0.1, 0.15) is 46.9 Å². The number of nitro benzene ring substituents is 1. The predicted molar refractivity (Wildman–Crippen MR) is 90.3 cm³/mol. The molecule has 1 aromatic carbocycles. The number of carbonyl (C=O) groups excluding carboxylic acids is 1. The van der Waals surface area contributed by atoms with Crippen LogP contribution in [-0.4, -0.2) is 22.5 Å². The van der Waals surface area contributed by atoms with E-state index in [2.05, 4.69) is 4.98 Å². The highest BCUT2D eigenvalue weighted by Crippen LogP contribution is 2.40. The van der Waals surface area contributed by atoms with Crippen LogP contribution in [0.3, 0.4) is 0 Å². The molecule has 0 atom stereocenters. The smallest absolute Gasteiger partial charge is 0.423 e. The van der Waals surface area contributed by atoms with Crippen molar-refractivity contribution in [1.29, 1.82) is 0 Å². The zero-order valence-corrected chi connectivity index (χ0v) is 15.3. The molecule has 0 aliphatic rings. The predicted octanol–water partition coefficient (Wildman–Crippen LogP) is 5.16. The summed E-state index contributed by atoms with van der Waals surface area (Å²) in [7, 11) is 0. The Kier molecular flexibility index (Phi) is 6.04. The van der Waals surface area contributed by atoms with Gasteiger partial charge in [-0.1, -0.05) is 13.8 Å². The lowest BCUT2D eigenvalue weighted by atomic mass is 10.1. The number of carbonyl (C=O) groups is 1. The normalized spacial score (nSPS) is 11.5. The maximum atomic E-state index is 13.1. The van der Waals surface area contributed by atoms with Crippen molar-refractivity contribution in [1.82, 2.24) is 4.98 Å². The maximum Gasteiger partial charge on any atom is 0.423 e. The highest BCUT2D eigenvalue weighted by Gasteiger charge is 2.39. The molecule has 0 spiro atoms. The van der Waals surface area contributed by atoms with Crippen molar-refractivity contribution < 1.29 is 32.4 Å². The number of alkyl halides is 3. The van der Waals surface area contributed by atoms with Gasteiger partial charge in [-0.2, -0.15) is 13.2 Å². The molecule has 0 N–H and O–H groups in total. The van der Waals surface area contributed by atoms with Crippen LogP contribution in [0.4, 0.5) is 18.9 Å². The Labute approximate surface area is 155 Å². The van der Waals surface area contributed by atoms with E-state index in [4.69, 9.17) is 9.47 Å². The molecule has 0 saturated carbocycles. The zero-order chi connectivity index (χ0) is 20.4. The van der Waals surface area contributed by atoms with Crippen molar-refractivity contribution in [2.24, 2.45) is 0 Å². The first-order valence-corrected chi connectivity index (χ1v) is 8.57. The number of thiazole rings is 1. The van der Waals surface area contributed by atoms with E-state index in [9.17, 15) is 28.1 Å². The van der Waals surface area contributed by atoms with Gasteiger partial charge in [0, 0.05) is 18.1 Å². The first-order chi connectivity index (χ1) is 12.5. The summed E-state index contributed by atoms with van der Waals surface area (Å²) in [6.07, 6.45) is -4.95. The molecule has 146 valence electrons. The van der Waals surface area contributed by atoms with E-state index in [0.29, 0.717) is 17.1 Å². The van der Waals surface area contributed by atoms with Crippen molar-refractivity contribution in [2.45, 2.75) is 32.9 Å². The van der Waals surface area contributed by atoms with Crippen molar-refractivity contribution in [2.75, 3.05) is 6.61 Å². The fourth-order valence-electron chi connectivity index (χ4n) is 2.04. The molecule has 0 amide bonds. The van der Waals surface area contributed by atoms with Crippen LogP contribution in [0.2, 0.25) is 0 Å². The molecule has 0 radical (unpaired) electrons. The molecule has 7 nitrogen and oxygen atoms in total. The van der Waals surface area contributed by atoms with Gasteiger partial charge in [0.25, 0.3) is 5.69 Å². The van der Waals surface area contributed by atoms with E-state index in [-0.39, 0.29) is 29.0 Å². The second-order valence-corrected chi connectivity index (χ2v) is 6.63. The number of ether oxygens (including phenoxy) is 2. The van der Waals surface area contributed by atoms with Crippen molar-refractivity contribution >= 4 is 23.0 Å². The highest BCUT2D eigenvalue weighted by molar-refractivity contribution is 7.14. The molecule has 0 aliphatic carbocycles. The third kappa shape index (κ3) is 4.73. The molecule has 1 heterocycles. The van der Waals surface area contributed by atoms with E-state index < -0.39 is 28.3 Å². The number of nitrogens with zero attached hydrogens (tertiary/aromatic N) is 2. The lowest BCUT2D eigenvalue weighted by molar-refractivity contribution is -0.388. The number of hydrogen-bond acceptors (Lipinski definition) is 7. The van der Waals surface area contributed by atoms with Gasteiger partial charge in [0.15, 0.2) is 4.88 Å². The molecule has 1 aromatic heterocycles. The van der Waals surface area contributed by atoms with Crippen LogP contribution in [0.5, 0.6) is 11.6 Å². The number of benzene rings is 1. The van der Waals surface area contributed by atoms with Gasteiger partial charge in [-0.3, -0.25) is 10.1 Å². The summed E-state index contributed by atoms with van der Waals surface area (Å²) < 4.78 is 49.6. The molecular weight excluding hydrogens is 389 g/mol. The molecule has 2 rings (SSSR count). The Morgan fingerprint density at radius 3 is 2.56 bits per heavy atom. The van der Waals surface area contributed by atoms with Gasteiger partial charge in [0.1, 0.15) is 16.3 Å². The fourth-order valence-corrected chi connectivity index (χ4v) is 2.93. The minimum atomic E-state index is -4.95. The summed E-state index contributed by atoms with van der Waals surface area (Å²) in [5.41, 5.74) is -2.55. The van der Waals surface area contributed by atoms with Crippen LogP contribution < -0.4 is 4.74 Å². The molecule has 0 unspecified atom stereocenters. The molecule has 27 heavy (non-hydrogen) atoms. The molecule has 0 saturated heterocycles. The largest absolute Gasteiger partial charge is 0.462 e. The Morgan fingerprint density at radius 2 is 2.04 bits per heavy atom. The molecule has 0 bridgehead atoms. The Hall–Kier alpha value is -2.69. The number of aromatic nitrogens is 1. The summed E-state index contributed by atoms with van der Waals surface area (Å²) in [4.78, 5) is 25.9. The van der Waals surface area contributed by atoms with Gasteiger partial charge in [0.2, 0.25) is 5.88 Å². The fraction of sp³-hybridized carbons (Fsp3) is 0.375. The number of rotatable bonds is 6. The van der Waals surface area contributed by atoms with Crippen molar-refractivity contribution in [3.8, 4) is 11.6 Å². The average molecular weight is 404 g/mol. The van der Waals surface area contributed by atoms with E-state index in [1.807, 2.05) is 13.8 Å². The highest BCUT2D eigenvalue weighted by atomic mass is 32.1. The van der Waals surface area contributed by atoms with Crippen molar-refractivity contribution in [3.63, 3.8) is 0 Å². The molecular formula is C16H15F3N2O5S. The van der Waals surface area contributed by atoms with E-state index >= 15 is 0 Å². The average Bonchev–Trinajstić information content (AvgIpc) is 2.98. The molecule has 0 aliphatic heterocycles. The van der Waals surface area contributed by atoms with Crippen LogP contribution >= 0.6 is 11.3 Å². The molecule has 0 fully saturated rings. The number of hydrogen-bond donors (Lipinski definition) is 0. The SMILES string of the molecule is CCOC(=O)c1sc(C(C)C)nc1Oc1ccc([N+](=O)[O-])c(C(F)(F)F)c1. The standard InChI is InChI=1S/C16H15F3N2O5S/c1-4-25-15(22)12-13(20-14(27-12)8(2)3)26-9-5-6-11(21(23)24)10(7-9)16(17,18)19/h5-8H,4H2,1-3H3. The van der Waals surface area contributed by atoms with Crippen LogP contribution in [0.15, 0.2) is 18.2 Å². The summed E-state index contributed by atoms with van der Waals surface area (Å²) in [5, 5.41) is 11.4. The van der Waals surface area contributed by atoms with E-state index in [1.165, 1.54) is 0 Å². The second-order valence-electron chi connectivity index (χ2n) is 5.60. The summed E-state index contributed by atoms with van der Waals surface area (Å²) in [6.45, 7) is 5.36. The Bertz CT molecular complexity index is 864. The summed E-state index contributed by atoms with van der Waals surface area (Å²) in [5.74, 6) is -1.30. The minimum Gasteiger partial charge on any atom is -0.462 e. The van der Waals surface area contributed by atoms with Crippen molar-refractivity contribution in [3.05, 3.63) is 43.8 Å². The van der Waals surface area contributed by atoms with Crippen LogP contribution in [-0.2, 0) is 10.9 Å². The first kappa shape index (κ1) is 20.6.